The van der Waals surface area contributed by atoms with Gasteiger partial charge in [-0.3, -0.25) is 9.59 Å². The van der Waals surface area contributed by atoms with E-state index in [9.17, 15) is 14.4 Å². The van der Waals surface area contributed by atoms with Gasteiger partial charge in [-0.1, -0.05) is 17.7 Å². The second kappa shape index (κ2) is 8.22. The molecule has 2 heterocycles. The SMILES string of the molecule is CCn1cc(C(=O)OCC(=O)Nc2cccc(Cl)c2)c(=O)c2ccc(C)nc21. The molecule has 0 spiro atoms. The Balaban J connectivity index is 1.78. The maximum atomic E-state index is 12.7. The number of pyridine rings is 2. The summed E-state index contributed by atoms with van der Waals surface area (Å²) in [5.41, 5.74) is 1.13. The monoisotopic (exact) mass is 399 g/mol. The number of amides is 1. The summed E-state index contributed by atoms with van der Waals surface area (Å²) in [7, 11) is 0. The molecule has 0 unspecified atom stereocenters. The predicted octanol–water partition coefficient (Wildman–Crippen LogP) is 3.17. The van der Waals surface area contributed by atoms with Gasteiger partial charge in [0.2, 0.25) is 5.43 Å². The molecule has 3 rings (SSSR count). The molecular weight excluding hydrogens is 382 g/mol. The van der Waals surface area contributed by atoms with Gasteiger partial charge in [-0.2, -0.15) is 0 Å². The average molecular weight is 400 g/mol. The van der Waals surface area contributed by atoms with Crippen molar-refractivity contribution in [3.05, 3.63) is 69.1 Å². The van der Waals surface area contributed by atoms with Crippen molar-refractivity contribution in [3.8, 4) is 0 Å². The first kappa shape index (κ1) is 19.6. The van der Waals surface area contributed by atoms with Gasteiger partial charge in [0, 0.05) is 29.1 Å². The minimum Gasteiger partial charge on any atom is -0.452 e. The van der Waals surface area contributed by atoms with Crippen molar-refractivity contribution in [1.82, 2.24) is 9.55 Å². The third-order valence-electron chi connectivity index (χ3n) is 4.06. The molecule has 7 nitrogen and oxygen atoms in total. The van der Waals surface area contributed by atoms with Gasteiger partial charge in [-0.15, -0.1) is 0 Å². The lowest BCUT2D eigenvalue weighted by Gasteiger charge is -2.11. The Morgan fingerprint density at radius 3 is 2.75 bits per heavy atom. The first-order valence-electron chi connectivity index (χ1n) is 8.62. The fourth-order valence-corrected chi connectivity index (χ4v) is 2.91. The molecule has 1 aromatic carbocycles. The summed E-state index contributed by atoms with van der Waals surface area (Å²) in [6.45, 7) is 3.69. The number of hydrogen-bond donors (Lipinski definition) is 1. The van der Waals surface area contributed by atoms with Crippen LogP contribution >= 0.6 is 11.6 Å². The number of anilines is 1. The molecule has 1 amide bonds. The van der Waals surface area contributed by atoms with Crippen LogP contribution in [0.25, 0.3) is 11.0 Å². The van der Waals surface area contributed by atoms with Crippen LogP contribution in [0.2, 0.25) is 5.02 Å². The van der Waals surface area contributed by atoms with Crippen LogP contribution in [-0.4, -0.2) is 28.0 Å². The zero-order valence-electron chi connectivity index (χ0n) is 15.4. The normalized spacial score (nSPS) is 10.7. The van der Waals surface area contributed by atoms with Crippen LogP contribution in [0.1, 0.15) is 23.0 Å². The molecule has 0 bridgehead atoms. The number of rotatable bonds is 5. The number of hydrogen-bond acceptors (Lipinski definition) is 5. The molecule has 0 aliphatic rings. The van der Waals surface area contributed by atoms with Gasteiger partial charge < -0.3 is 14.6 Å². The van der Waals surface area contributed by atoms with Gasteiger partial charge in [0.05, 0.1) is 5.39 Å². The summed E-state index contributed by atoms with van der Waals surface area (Å²) < 4.78 is 6.73. The Labute approximate surface area is 165 Å². The lowest BCUT2D eigenvalue weighted by atomic mass is 10.2. The highest BCUT2D eigenvalue weighted by molar-refractivity contribution is 6.30. The predicted molar refractivity (Wildman–Crippen MR) is 107 cm³/mol. The van der Waals surface area contributed by atoms with Gasteiger partial charge in [-0.05, 0) is 44.2 Å². The van der Waals surface area contributed by atoms with Gasteiger partial charge in [0.25, 0.3) is 5.91 Å². The Bertz CT molecular complexity index is 1120. The van der Waals surface area contributed by atoms with Crippen LogP contribution in [0.3, 0.4) is 0 Å². The van der Waals surface area contributed by atoms with Crippen molar-refractivity contribution in [2.75, 3.05) is 11.9 Å². The number of halogens is 1. The maximum absolute atomic E-state index is 12.7. The molecule has 0 saturated carbocycles. The average Bonchev–Trinajstić information content (AvgIpc) is 2.66. The van der Waals surface area contributed by atoms with Gasteiger partial charge in [-0.25, -0.2) is 9.78 Å². The molecule has 0 atom stereocenters. The Morgan fingerprint density at radius 2 is 2.04 bits per heavy atom. The van der Waals surface area contributed by atoms with Crippen LogP contribution in [0.15, 0.2) is 47.4 Å². The molecule has 28 heavy (non-hydrogen) atoms. The molecular formula is C20H18ClN3O4. The van der Waals surface area contributed by atoms with E-state index >= 15 is 0 Å². The standard InChI is InChI=1S/C20H18ClN3O4/c1-3-24-10-16(18(26)15-8-7-12(2)22-19(15)24)20(27)28-11-17(25)23-14-6-4-5-13(21)9-14/h4-10H,3,11H2,1-2H3,(H,23,25). The largest absolute Gasteiger partial charge is 0.452 e. The Hall–Kier alpha value is -3.19. The maximum Gasteiger partial charge on any atom is 0.344 e. The van der Waals surface area contributed by atoms with E-state index in [1.807, 2.05) is 13.8 Å². The molecule has 8 heteroatoms. The van der Waals surface area contributed by atoms with Crippen LogP contribution in [0, 0.1) is 6.92 Å². The number of fused-ring (bicyclic) bond motifs is 1. The van der Waals surface area contributed by atoms with E-state index in [1.54, 1.807) is 41.0 Å². The minimum absolute atomic E-state index is 0.143. The van der Waals surface area contributed by atoms with Crippen LogP contribution in [-0.2, 0) is 16.1 Å². The summed E-state index contributed by atoms with van der Waals surface area (Å²) in [6, 6.07) is 9.92. The van der Waals surface area contributed by atoms with Gasteiger partial charge in [0.15, 0.2) is 6.61 Å². The second-order valence-electron chi connectivity index (χ2n) is 6.12. The molecule has 2 aromatic heterocycles. The smallest absolute Gasteiger partial charge is 0.344 e. The molecule has 0 fully saturated rings. The lowest BCUT2D eigenvalue weighted by Crippen LogP contribution is -2.25. The third-order valence-corrected chi connectivity index (χ3v) is 4.30. The van der Waals surface area contributed by atoms with E-state index in [0.717, 1.165) is 5.69 Å². The van der Waals surface area contributed by atoms with Crippen LogP contribution in [0.4, 0.5) is 5.69 Å². The summed E-state index contributed by atoms with van der Waals surface area (Å²) in [5, 5.41) is 3.36. The van der Waals surface area contributed by atoms with E-state index in [4.69, 9.17) is 16.3 Å². The summed E-state index contributed by atoms with van der Waals surface area (Å²) >= 11 is 5.86. The highest BCUT2D eigenvalue weighted by Gasteiger charge is 2.18. The number of benzene rings is 1. The van der Waals surface area contributed by atoms with Crippen molar-refractivity contribution >= 4 is 40.2 Å². The molecule has 1 N–H and O–H groups in total. The van der Waals surface area contributed by atoms with E-state index < -0.39 is 23.9 Å². The molecule has 0 saturated heterocycles. The second-order valence-corrected chi connectivity index (χ2v) is 6.55. The fraction of sp³-hybridized carbons (Fsp3) is 0.200. The summed E-state index contributed by atoms with van der Waals surface area (Å²) in [6.07, 6.45) is 1.41. The summed E-state index contributed by atoms with van der Waals surface area (Å²) in [5.74, 6) is -1.40. The van der Waals surface area contributed by atoms with Crippen molar-refractivity contribution in [2.45, 2.75) is 20.4 Å². The van der Waals surface area contributed by atoms with Crippen LogP contribution in [0.5, 0.6) is 0 Å². The van der Waals surface area contributed by atoms with Crippen molar-refractivity contribution < 1.29 is 14.3 Å². The highest BCUT2D eigenvalue weighted by atomic mass is 35.5. The number of aryl methyl sites for hydroxylation is 2. The summed E-state index contributed by atoms with van der Waals surface area (Å²) in [4.78, 5) is 41.4. The zero-order valence-corrected chi connectivity index (χ0v) is 16.1. The molecule has 0 aliphatic carbocycles. The van der Waals surface area contributed by atoms with Crippen molar-refractivity contribution in [2.24, 2.45) is 0 Å². The van der Waals surface area contributed by atoms with E-state index in [0.29, 0.717) is 28.3 Å². The number of aromatic nitrogens is 2. The fourth-order valence-electron chi connectivity index (χ4n) is 2.72. The number of ether oxygens (including phenoxy) is 1. The first-order chi connectivity index (χ1) is 13.4. The first-order valence-corrected chi connectivity index (χ1v) is 9.00. The van der Waals surface area contributed by atoms with Crippen molar-refractivity contribution in [1.29, 1.82) is 0 Å². The van der Waals surface area contributed by atoms with Gasteiger partial charge >= 0.3 is 5.97 Å². The molecule has 144 valence electrons. The highest BCUT2D eigenvalue weighted by Crippen LogP contribution is 2.15. The number of esters is 1. The van der Waals surface area contributed by atoms with Crippen LogP contribution < -0.4 is 10.7 Å². The number of carbonyl (C=O) groups is 2. The Kier molecular flexibility index (Phi) is 5.75. The number of carbonyl (C=O) groups excluding carboxylic acids is 2. The number of nitrogens with zero attached hydrogens (tertiary/aromatic N) is 2. The lowest BCUT2D eigenvalue weighted by molar-refractivity contribution is -0.119. The minimum atomic E-state index is -0.865. The molecule has 0 radical (unpaired) electrons. The topological polar surface area (TPSA) is 90.3 Å². The zero-order chi connectivity index (χ0) is 20.3. The quantitative estimate of drug-likeness (QED) is 0.665. The molecule has 3 aromatic rings. The Morgan fingerprint density at radius 1 is 1.25 bits per heavy atom. The van der Waals surface area contributed by atoms with E-state index in [2.05, 4.69) is 10.3 Å². The number of nitrogens with one attached hydrogen (secondary N) is 1. The van der Waals surface area contributed by atoms with Gasteiger partial charge in [0.1, 0.15) is 11.2 Å². The van der Waals surface area contributed by atoms with E-state index in [-0.39, 0.29) is 5.56 Å². The molecule has 0 aliphatic heterocycles. The van der Waals surface area contributed by atoms with E-state index in [1.165, 1.54) is 6.20 Å². The third kappa shape index (κ3) is 4.20. The van der Waals surface area contributed by atoms with Crippen molar-refractivity contribution in [3.63, 3.8) is 0 Å².